The third-order valence-electron chi connectivity index (χ3n) is 7.67. The number of imidazole rings is 2. The fraction of sp³-hybridized carbons (Fsp3) is 0.188. The van der Waals surface area contributed by atoms with E-state index in [1.807, 2.05) is 110 Å². The lowest BCUT2D eigenvalue weighted by Crippen LogP contribution is -2.51. The number of rotatable bonds is 4. The summed E-state index contributed by atoms with van der Waals surface area (Å²) in [7, 11) is 0. The van der Waals surface area contributed by atoms with E-state index in [-0.39, 0.29) is 11.8 Å². The van der Waals surface area contributed by atoms with Crippen molar-refractivity contribution in [1.29, 1.82) is 0 Å². The maximum absolute atomic E-state index is 13.4. The normalized spacial score (nSPS) is 15.8. The number of aromatic nitrogens is 4. The number of piperazine rings is 1. The smallest absolute Gasteiger partial charge is 0.253 e. The first-order valence-electron chi connectivity index (χ1n) is 13.6. The molecule has 0 saturated carbocycles. The Morgan fingerprint density at radius 3 is 2.05 bits per heavy atom. The van der Waals surface area contributed by atoms with Crippen molar-refractivity contribution in [2.75, 3.05) is 26.2 Å². The molecular formula is C32H28N6O2. The summed E-state index contributed by atoms with van der Waals surface area (Å²) in [6.45, 7) is 2.04. The van der Waals surface area contributed by atoms with Gasteiger partial charge in [0.1, 0.15) is 11.3 Å². The van der Waals surface area contributed by atoms with Gasteiger partial charge in [-0.15, -0.1) is 0 Å². The van der Waals surface area contributed by atoms with Gasteiger partial charge in [-0.3, -0.25) is 9.59 Å². The molecule has 0 N–H and O–H groups in total. The van der Waals surface area contributed by atoms with E-state index in [4.69, 9.17) is 4.98 Å². The van der Waals surface area contributed by atoms with Crippen LogP contribution in [-0.4, -0.2) is 66.6 Å². The van der Waals surface area contributed by atoms with Gasteiger partial charge in [-0.25, -0.2) is 9.97 Å². The van der Waals surface area contributed by atoms with Crippen LogP contribution < -0.4 is 0 Å². The summed E-state index contributed by atoms with van der Waals surface area (Å²) in [5, 5.41) is 0. The average Bonchev–Trinajstić information content (AvgIpc) is 3.65. The van der Waals surface area contributed by atoms with Crippen LogP contribution in [0.1, 0.15) is 28.9 Å². The van der Waals surface area contributed by atoms with E-state index < -0.39 is 0 Å². The van der Waals surface area contributed by atoms with Gasteiger partial charge < -0.3 is 18.6 Å². The third-order valence-corrected chi connectivity index (χ3v) is 7.67. The molecule has 8 heteroatoms. The highest BCUT2D eigenvalue weighted by molar-refractivity contribution is 5.98. The summed E-state index contributed by atoms with van der Waals surface area (Å²) < 4.78 is 3.96. The molecular weight excluding hydrogens is 500 g/mol. The van der Waals surface area contributed by atoms with Crippen molar-refractivity contribution >= 4 is 28.7 Å². The number of allylic oxidation sites excluding steroid dienone is 3. The van der Waals surface area contributed by atoms with Gasteiger partial charge in [0.2, 0.25) is 5.91 Å². The maximum Gasteiger partial charge on any atom is 0.253 e. The van der Waals surface area contributed by atoms with E-state index >= 15 is 0 Å². The lowest BCUT2D eigenvalue weighted by Gasteiger charge is -2.35. The summed E-state index contributed by atoms with van der Waals surface area (Å²) in [6.07, 6.45) is 13.6. The van der Waals surface area contributed by atoms with Crippen LogP contribution in [0.25, 0.3) is 28.1 Å². The van der Waals surface area contributed by atoms with Crippen LogP contribution in [0.2, 0.25) is 0 Å². The Labute approximate surface area is 231 Å². The zero-order chi connectivity index (χ0) is 27.1. The first-order valence-corrected chi connectivity index (χ1v) is 13.6. The monoisotopic (exact) mass is 528 g/mol. The van der Waals surface area contributed by atoms with E-state index in [2.05, 4.69) is 11.1 Å². The number of hydrogen-bond acceptors (Lipinski definition) is 4. The van der Waals surface area contributed by atoms with Crippen molar-refractivity contribution in [3.8, 4) is 11.3 Å². The van der Waals surface area contributed by atoms with Crippen LogP contribution in [0.15, 0.2) is 103 Å². The lowest BCUT2D eigenvalue weighted by molar-refractivity contribution is -0.128. The number of benzene rings is 1. The summed E-state index contributed by atoms with van der Waals surface area (Å²) in [5.41, 5.74) is 6.77. The zero-order valence-corrected chi connectivity index (χ0v) is 22.0. The van der Waals surface area contributed by atoms with Crippen molar-refractivity contribution in [2.24, 2.45) is 0 Å². The second kappa shape index (κ2) is 9.96. The molecule has 2 aliphatic rings. The second-order valence-electron chi connectivity index (χ2n) is 10.2. The molecule has 40 heavy (non-hydrogen) atoms. The number of amides is 2. The van der Waals surface area contributed by atoms with E-state index in [1.54, 1.807) is 0 Å². The molecule has 1 aromatic carbocycles. The largest absolute Gasteiger partial charge is 0.335 e. The molecule has 7 rings (SSSR count). The second-order valence-corrected chi connectivity index (χ2v) is 10.2. The molecule has 198 valence electrons. The van der Waals surface area contributed by atoms with E-state index in [0.717, 1.165) is 45.8 Å². The fourth-order valence-corrected chi connectivity index (χ4v) is 5.51. The van der Waals surface area contributed by atoms with E-state index in [9.17, 15) is 9.59 Å². The van der Waals surface area contributed by atoms with Crippen LogP contribution in [-0.2, 0) is 4.79 Å². The molecule has 1 saturated heterocycles. The topological polar surface area (TPSA) is 75.2 Å². The summed E-state index contributed by atoms with van der Waals surface area (Å²) >= 11 is 0. The Hall–Kier alpha value is -4.98. The molecule has 0 unspecified atom stereocenters. The van der Waals surface area contributed by atoms with Gasteiger partial charge in [0, 0.05) is 67.7 Å². The fourth-order valence-electron chi connectivity index (χ4n) is 5.51. The Kier molecular flexibility index (Phi) is 6.00. The van der Waals surface area contributed by atoms with Crippen LogP contribution in [0.3, 0.4) is 0 Å². The third kappa shape index (κ3) is 4.47. The highest BCUT2D eigenvalue weighted by atomic mass is 16.2. The Bertz CT molecular complexity index is 1750. The molecule has 0 atom stereocenters. The molecule has 1 fully saturated rings. The van der Waals surface area contributed by atoms with E-state index in [1.165, 1.54) is 0 Å². The molecule has 0 spiro atoms. The highest BCUT2D eigenvalue weighted by Gasteiger charge is 2.27. The number of carbonyl (C=O) groups excluding carboxylic acids is 2. The molecule has 1 aliphatic carbocycles. The number of fused-ring (bicyclic) bond motifs is 2. The predicted octanol–water partition coefficient (Wildman–Crippen LogP) is 4.74. The zero-order valence-electron chi connectivity index (χ0n) is 22.0. The molecule has 0 radical (unpaired) electrons. The SMILES string of the molecule is O=C(C1=CC(c2cn3ccccc3n2)=CCC1)N1CCN(C(=O)c2cccc(-c3cn4ccccc4n3)c2)CC1. The average molecular weight is 529 g/mol. The first-order chi connectivity index (χ1) is 19.6. The van der Waals surface area contributed by atoms with Crippen LogP contribution in [0, 0.1) is 0 Å². The summed E-state index contributed by atoms with van der Waals surface area (Å²) in [6, 6.07) is 19.4. The molecule has 2 amide bonds. The number of pyridine rings is 2. The summed E-state index contributed by atoms with van der Waals surface area (Å²) in [5.74, 6) is 0.0296. The van der Waals surface area contributed by atoms with Crippen LogP contribution in [0.5, 0.6) is 0 Å². The quantitative estimate of drug-likeness (QED) is 0.338. The maximum atomic E-state index is 13.4. The molecule has 4 aromatic heterocycles. The summed E-state index contributed by atoms with van der Waals surface area (Å²) in [4.78, 5) is 39.9. The minimum atomic E-state index is -0.0216. The van der Waals surface area contributed by atoms with Crippen LogP contribution >= 0.6 is 0 Å². The highest BCUT2D eigenvalue weighted by Crippen LogP contribution is 2.27. The van der Waals surface area contributed by atoms with Crippen molar-refractivity contribution < 1.29 is 9.59 Å². The van der Waals surface area contributed by atoms with Gasteiger partial charge in [-0.05, 0) is 60.9 Å². The molecule has 5 aromatic rings. The van der Waals surface area contributed by atoms with Gasteiger partial charge >= 0.3 is 0 Å². The van der Waals surface area contributed by atoms with Crippen LogP contribution in [0.4, 0.5) is 0 Å². The number of carbonyl (C=O) groups is 2. The Balaban J connectivity index is 1.02. The minimum absolute atomic E-state index is 0.0216. The Morgan fingerprint density at radius 2 is 1.35 bits per heavy atom. The molecule has 5 heterocycles. The minimum Gasteiger partial charge on any atom is -0.335 e. The lowest BCUT2D eigenvalue weighted by atomic mass is 9.96. The Morgan fingerprint density at radius 1 is 0.700 bits per heavy atom. The predicted molar refractivity (Wildman–Crippen MR) is 154 cm³/mol. The van der Waals surface area contributed by atoms with Gasteiger partial charge in [0.25, 0.3) is 5.91 Å². The van der Waals surface area contributed by atoms with Crippen molar-refractivity contribution in [3.05, 3.63) is 114 Å². The number of hydrogen-bond donors (Lipinski definition) is 0. The molecule has 0 bridgehead atoms. The van der Waals surface area contributed by atoms with Gasteiger partial charge in [-0.2, -0.15) is 0 Å². The molecule has 1 aliphatic heterocycles. The van der Waals surface area contributed by atoms with Gasteiger partial charge in [0.15, 0.2) is 0 Å². The van der Waals surface area contributed by atoms with Gasteiger partial charge in [-0.1, -0.05) is 30.3 Å². The standard InChI is InChI=1S/C32H28N6O2/c39-31(25-9-5-7-23(19-25)27-21-37-13-3-1-11-29(37)33-27)35-15-17-36(18-16-35)32(40)26-10-6-8-24(20-26)28-22-38-14-4-2-12-30(38)34-28/h1-5,7-9,11-14,19-22H,6,10,15-18H2. The van der Waals surface area contributed by atoms with Crippen molar-refractivity contribution in [3.63, 3.8) is 0 Å². The van der Waals surface area contributed by atoms with Gasteiger partial charge in [0.05, 0.1) is 11.4 Å². The van der Waals surface area contributed by atoms with Crippen molar-refractivity contribution in [2.45, 2.75) is 12.8 Å². The number of nitrogens with zero attached hydrogens (tertiary/aromatic N) is 6. The van der Waals surface area contributed by atoms with Crippen molar-refractivity contribution in [1.82, 2.24) is 28.6 Å². The van der Waals surface area contributed by atoms with E-state index in [0.29, 0.717) is 38.2 Å². The molecule has 8 nitrogen and oxygen atoms in total. The first kappa shape index (κ1) is 24.1.